The number of pyridine rings is 1. The van der Waals surface area contributed by atoms with Crippen molar-refractivity contribution < 1.29 is 9.59 Å². The van der Waals surface area contributed by atoms with Crippen molar-refractivity contribution >= 4 is 23.2 Å². The molecule has 1 N–H and O–H groups in total. The Hall–Kier alpha value is -2.21. The Bertz CT molecular complexity index is 699. The number of hydrogen-bond acceptors (Lipinski definition) is 4. The third-order valence-electron chi connectivity index (χ3n) is 3.99. The molecule has 0 radical (unpaired) electrons. The lowest BCUT2D eigenvalue weighted by Crippen LogP contribution is -2.41. The summed E-state index contributed by atoms with van der Waals surface area (Å²) in [6, 6.07) is 5.82. The van der Waals surface area contributed by atoms with Crippen molar-refractivity contribution in [2.24, 2.45) is 0 Å². The summed E-state index contributed by atoms with van der Waals surface area (Å²) in [7, 11) is 0. The maximum atomic E-state index is 12.9. The largest absolute Gasteiger partial charge is 0.352 e. The normalized spacial score (nSPS) is 17.1. The van der Waals surface area contributed by atoms with Gasteiger partial charge >= 0.3 is 0 Å². The lowest BCUT2D eigenvalue weighted by molar-refractivity contribution is -0.119. The maximum absolute atomic E-state index is 12.9. The molecule has 23 heavy (non-hydrogen) atoms. The van der Waals surface area contributed by atoms with Crippen LogP contribution >= 0.6 is 11.3 Å². The Kier molecular flexibility index (Phi) is 4.71. The van der Waals surface area contributed by atoms with Crippen molar-refractivity contribution in [2.45, 2.75) is 32.4 Å². The van der Waals surface area contributed by atoms with E-state index in [4.69, 9.17) is 0 Å². The summed E-state index contributed by atoms with van der Waals surface area (Å²) in [5.74, 6) is 0.0917. The Morgan fingerprint density at radius 1 is 1.39 bits per heavy atom. The molecular weight excluding hydrogens is 310 g/mol. The van der Waals surface area contributed by atoms with Gasteiger partial charge in [-0.3, -0.25) is 14.6 Å². The van der Waals surface area contributed by atoms with Gasteiger partial charge in [0.25, 0.3) is 5.91 Å². The van der Waals surface area contributed by atoms with Gasteiger partial charge in [-0.25, -0.2) is 0 Å². The zero-order valence-corrected chi connectivity index (χ0v) is 13.8. The molecule has 0 saturated carbocycles. The van der Waals surface area contributed by atoms with Crippen LogP contribution in [-0.2, 0) is 11.3 Å². The van der Waals surface area contributed by atoms with Gasteiger partial charge in [0.1, 0.15) is 0 Å². The highest BCUT2D eigenvalue weighted by molar-refractivity contribution is 7.12. The van der Waals surface area contributed by atoms with Crippen LogP contribution in [0.25, 0.3) is 0 Å². The highest BCUT2D eigenvalue weighted by Gasteiger charge is 2.27. The molecule has 0 aliphatic carbocycles. The van der Waals surface area contributed by atoms with E-state index in [1.807, 2.05) is 35.4 Å². The summed E-state index contributed by atoms with van der Waals surface area (Å²) in [6.45, 7) is 3.00. The second kappa shape index (κ2) is 6.91. The minimum Gasteiger partial charge on any atom is -0.352 e. The van der Waals surface area contributed by atoms with Crippen LogP contribution in [0, 0.1) is 6.92 Å². The van der Waals surface area contributed by atoms with Gasteiger partial charge in [-0.2, -0.15) is 0 Å². The van der Waals surface area contributed by atoms with Crippen molar-refractivity contribution in [3.8, 4) is 0 Å². The standard InChI is InChI=1S/C17H19N3O2S/c1-12-6-9-23-16(12)17(22)20(10-13-4-7-18-8-5-13)11-14-2-3-15(21)19-14/h4-9,14H,2-3,10-11H2,1H3,(H,19,21)/t14-/m0/s1. The van der Waals surface area contributed by atoms with Gasteiger partial charge in [-0.15, -0.1) is 11.3 Å². The molecule has 1 saturated heterocycles. The molecule has 5 nitrogen and oxygen atoms in total. The zero-order chi connectivity index (χ0) is 16.2. The fourth-order valence-electron chi connectivity index (χ4n) is 2.74. The summed E-state index contributed by atoms with van der Waals surface area (Å²) in [4.78, 5) is 30.9. The predicted molar refractivity (Wildman–Crippen MR) is 89.2 cm³/mol. The van der Waals surface area contributed by atoms with E-state index in [-0.39, 0.29) is 17.9 Å². The van der Waals surface area contributed by atoms with E-state index in [0.29, 0.717) is 19.5 Å². The number of aromatic nitrogens is 1. The van der Waals surface area contributed by atoms with Gasteiger partial charge < -0.3 is 10.2 Å². The minimum atomic E-state index is 0.0236. The van der Waals surface area contributed by atoms with Crippen LogP contribution < -0.4 is 5.32 Å². The van der Waals surface area contributed by atoms with Crippen molar-refractivity contribution in [1.29, 1.82) is 0 Å². The van der Waals surface area contributed by atoms with Crippen LogP contribution in [0.4, 0.5) is 0 Å². The molecule has 0 bridgehead atoms. The van der Waals surface area contributed by atoms with Crippen molar-refractivity contribution in [2.75, 3.05) is 6.54 Å². The Morgan fingerprint density at radius 3 is 2.78 bits per heavy atom. The first-order valence-electron chi connectivity index (χ1n) is 7.65. The molecule has 1 atom stereocenters. The van der Waals surface area contributed by atoms with E-state index < -0.39 is 0 Å². The third kappa shape index (κ3) is 3.76. The average molecular weight is 329 g/mol. The van der Waals surface area contributed by atoms with Crippen LogP contribution in [0.5, 0.6) is 0 Å². The summed E-state index contributed by atoms with van der Waals surface area (Å²) in [5, 5.41) is 4.88. The SMILES string of the molecule is Cc1ccsc1C(=O)N(Cc1ccncc1)C[C@@H]1CCC(=O)N1. The van der Waals surface area contributed by atoms with Gasteiger partial charge in [0.15, 0.2) is 0 Å². The minimum absolute atomic E-state index is 0.0236. The molecule has 2 amide bonds. The molecule has 3 rings (SSSR count). The van der Waals surface area contributed by atoms with E-state index in [1.54, 1.807) is 12.4 Å². The second-order valence-corrected chi connectivity index (χ2v) is 6.69. The summed E-state index contributed by atoms with van der Waals surface area (Å²) in [5.41, 5.74) is 2.03. The molecule has 1 aliphatic rings. The number of carbonyl (C=O) groups is 2. The fourth-order valence-corrected chi connectivity index (χ4v) is 3.64. The lowest BCUT2D eigenvalue weighted by atomic mass is 10.1. The quantitative estimate of drug-likeness (QED) is 0.916. The fraction of sp³-hybridized carbons (Fsp3) is 0.353. The number of nitrogens with zero attached hydrogens (tertiary/aromatic N) is 2. The van der Waals surface area contributed by atoms with Gasteiger partial charge in [0.05, 0.1) is 4.88 Å². The summed E-state index contributed by atoms with van der Waals surface area (Å²) >= 11 is 1.46. The van der Waals surface area contributed by atoms with Crippen LogP contribution in [-0.4, -0.2) is 34.3 Å². The Morgan fingerprint density at radius 2 is 2.17 bits per heavy atom. The second-order valence-electron chi connectivity index (χ2n) is 5.78. The molecule has 0 spiro atoms. The molecule has 120 valence electrons. The molecule has 2 aromatic rings. The smallest absolute Gasteiger partial charge is 0.264 e. The number of thiophene rings is 1. The third-order valence-corrected chi connectivity index (χ3v) is 5.00. The zero-order valence-electron chi connectivity index (χ0n) is 13.0. The van der Waals surface area contributed by atoms with Crippen molar-refractivity contribution in [3.05, 3.63) is 52.0 Å². The molecular formula is C17H19N3O2S. The van der Waals surface area contributed by atoms with E-state index in [9.17, 15) is 9.59 Å². The molecule has 0 aromatic carbocycles. The van der Waals surface area contributed by atoms with Crippen molar-refractivity contribution in [1.82, 2.24) is 15.2 Å². The number of nitrogens with one attached hydrogen (secondary N) is 1. The van der Waals surface area contributed by atoms with Crippen LogP contribution in [0.3, 0.4) is 0 Å². The van der Waals surface area contributed by atoms with E-state index in [2.05, 4.69) is 10.3 Å². The van der Waals surface area contributed by atoms with Crippen molar-refractivity contribution in [3.63, 3.8) is 0 Å². The van der Waals surface area contributed by atoms with Crippen LogP contribution in [0.15, 0.2) is 36.0 Å². The van der Waals surface area contributed by atoms with Crippen LogP contribution in [0.1, 0.15) is 33.6 Å². The molecule has 2 aromatic heterocycles. The number of aryl methyl sites for hydroxylation is 1. The first-order valence-corrected chi connectivity index (χ1v) is 8.53. The Labute approximate surface area is 139 Å². The number of amides is 2. The number of carbonyl (C=O) groups excluding carboxylic acids is 2. The van der Waals surface area contributed by atoms with Gasteiger partial charge in [-0.1, -0.05) is 0 Å². The van der Waals surface area contributed by atoms with E-state index in [0.717, 1.165) is 22.4 Å². The molecule has 6 heteroatoms. The topological polar surface area (TPSA) is 62.3 Å². The maximum Gasteiger partial charge on any atom is 0.264 e. The summed E-state index contributed by atoms with van der Waals surface area (Å²) < 4.78 is 0. The molecule has 0 unspecified atom stereocenters. The van der Waals surface area contributed by atoms with E-state index in [1.165, 1.54) is 11.3 Å². The summed E-state index contributed by atoms with van der Waals surface area (Å²) in [6.07, 6.45) is 4.78. The first kappa shape index (κ1) is 15.7. The van der Waals surface area contributed by atoms with Gasteiger partial charge in [0, 0.05) is 37.9 Å². The van der Waals surface area contributed by atoms with Gasteiger partial charge in [0.2, 0.25) is 5.91 Å². The lowest BCUT2D eigenvalue weighted by Gasteiger charge is -2.25. The van der Waals surface area contributed by atoms with Gasteiger partial charge in [-0.05, 0) is 48.1 Å². The number of rotatable bonds is 5. The highest BCUT2D eigenvalue weighted by atomic mass is 32.1. The molecule has 1 aliphatic heterocycles. The average Bonchev–Trinajstić information content (AvgIpc) is 3.15. The van der Waals surface area contributed by atoms with E-state index >= 15 is 0 Å². The molecule has 1 fully saturated rings. The number of hydrogen-bond donors (Lipinski definition) is 1. The first-order chi connectivity index (χ1) is 11.1. The monoisotopic (exact) mass is 329 g/mol. The Balaban J connectivity index is 1.79. The predicted octanol–water partition coefficient (Wildman–Crippen LogP) is 2.37. The molecule has 3 heterocycles. The van der Waals surface area contributed by atoms with Crippen LogP contribution in [0.2, 0.25) is 0 Å². The highest BCUT2D eigenvalue weighted by Crippen LogP contribution is 2.20.